The van der Waals surface area contributed by atoms with Crippen LogP contribution in [0.2, 0.25) is 5.15 Å². The summed E-state index contributed by atoms with van der Waals surface area (Å²) >= 11 is 9.19. The second kappa shape index (κ2) is 2.75. The van der Waals surface area contributed by atoms with E-state index < -0.39 is 0 Å². The van der Waals surface area contributed by atoms with Crippen molar-refractivity contribution in [1.82, 2.24) is 9.38 Å². The Balaban J connectivity index is 2.89. The molecule has 12 heavy (non-hydrogen) atoms. The molecule has 4 heteroatoms. The van der Waals surface area contributed by atoms with Gasteiger partial charge < -0.3 is 4.40 Å². The van der Waals surface area contributed by atoms with E-state index in [1.807, 2.05) is 23.5 Å². The van der Waals surface area contributed by atoms with Gasteiger partial charge >= 0.3 is 0 Å². The minimum absolute atomic E-state index is 0.524. The van der Waals surface area contributed by atoms with Crippen molar-refractivity contribution in [2.45, 2.75) is 6.92 Å². The number of pyridine rings is 1. The predicted molar refractivity (Wildman–Crippen MR) is 52.6 cm³/mol. The molecular formula is C8H6BrClN2. The maximum Gasteiger partial charge on any atom is 0.148 e. The van der Waals surface area contributed by atoms with Crippen LogP contribution in [0.5, 0.6) is 0 Å². The molecule has 2 heterocycles. The van der Waals surface area contributed by atoms with Gasteiger partial charge in [0.05, 0.1) is 0 Å². The summed E-state index contributed by atoms with van der Waals surface area (Å²) in [6.45, 7) is 2.01. The molecule has 0 aromatic carbocycles. The van der Waals surface area contributed by atoms with E-state index >= 15 is 0 Å². The molecule has 2 nitrogen and oxygen atoms in total. The normalized spacial score (nSPS) is 10.9. The minimum Gasteiger partial charge on any atom is -0.302 e. The third-order valence-corrected chi connectivity index (χ3v) is 2.81. The zero-order valence-corrected chi connectivity index (χ0v) is 8.72. The van der Waals surface area contributed by atoms with Gasteiger partial charge in [0.1, 0.15) is 10.8 Å². The van der Waals surface area contributed by atoms with E-state index in [1.54, 1.807) is 6.20 Å². The minimum atomic E-state index is 0.524. The first kappa shape index (κ1) is 8.08. The Kier molecular flexibility index (Phi) is 1.85. The van der Waals surface area contributed by atoms with E-state index in [0.717, 1.165) is 15.8 Å². The van der Waals surface area contributed by atoms with Crippen LogP contribution in [-0.2, 0) is 0 Å². The molecule has 0 unspecified atom stereocenters. The van der Waals surface area contributed by atoms with Gasteiger partial charge in [0, 0.05) is 16.4 Å². The Morgan fingerprint density at radius 2 is 2.25 bits per heavy atom. The number of fused-ring (bicyclic) bond motifs is 1. The number of halogens is 2. The second-order valence-corrected chi connectivity index (χ2v) is 3.80. The van der Waals surface area contributed by atoms with Crippen LogP contribution in [0.4, 0.5) is 0 Å². The van der Waals surface area contributed by atoms with Gasteiger partial charge in [0.25, 0.3) is 0 Å². The van der Waals surface area contributed by atoms with Crippen LogP contribution in [-0.4, -0.2) is 9.38 Å². The fourth-order valence-corrected chi connectivity index (χ4v) is 1.64. The van der Waals surface area contributed by atoms with E-state index in [0.29, 0.717) is 5.15 Å². The molecule has 0 fully saturated rings. The largest absolute Gasteiger partial charge is 0.302 e. The number of aryl methyl sites for hydroxylation is 1. The van der Waals surface area contributed by atoms with Crippen molar-refractivity contribution in [3.63, 3.8) is 0 Å². The van der Waals surface area contributed by atoms with Crippen LogP contribution in [0.25, 0.3) is 5.65 Å². The van der Waals surface area contributed by atoms with Gasteiger partial charge in [-0.25, -0.2) is 4.98 Å². The molecule has 0 N–H and O–H groups in total. The highest BCUT2D eigenvalue weighted by Crippen LogP contribution is 2.19. The molecule has 0 aliphatic carbocycles. The third-order valence-electron chi connectivity index (χ3n) is 1.79. The fraction of sp³-hybridized carbons (Fsp3) is 0.125. The summed E-state index contributed by atoms with van der Waals surface area (Å²) in [6.07, 6.45) is 1.80. The van der Waals surface area contributed by atoms with E-state index in [2.05, 4.69) is 20.9 Å². The van der Waals surface area contributed by atoms with E-state index in [4.69, 9.17) is 11.6 Å². The fourth-order valence-electron chi connectivity index (χ4n) is 1.13. The molecule has 0 bridgehead atoms. The average molecular weight is 246 g/mol. The van der Waals surface area contributed by atoms with Gasteiger partial charge in [-0.05, 0) is 35.0 Å². The predicted octanol–water partition coefficient (Wildman–Crippen LogP) is 3.06. The van der Waals surface area contributed by atoms with Crippen molar-refractivity contribution >= 4 is 33.2 Å². The first-order valence-electron chi connectivity index (χ1n) is 3.48. The molecule has 2 rings (SSSR count). The van der Waals surface area contributed by atoms with E-state index in [1.165, 1.54) is 0 Å². The van der Waals surface area contributed by atoms with Crippen LogP contribution in [0, 0.1) is 6.92 Å². The standard InChI is InChI=1S/C8H6BrClN2/c1-5-6(9)2-3-8-11-7(10)4-12(5)8/h2-4H,1H3. The molecule has 0 amide bonds. The van der Waals surface area contributed by atoms with Crippen molar-refractivity contribution < 1.29 is 0 Å². The lowest BCUT2D eigenvalue weighted by Crippen LogP contribution is -1.89. The molecule has 0 saturated heterocycles. The molecule has 0 aliphatic rings. The monoisotopic (exact) mass is 244 g/mol. The van der Waals surface area contributed by atoms with Gasteiger partial charge in [-0.2, -0.15) is 0 Å². The van der Waals surface area contributed by atoms with Crippen molar-refractivity contribution in [2.75, 3.05) is 0 Å². The summed E-state index contributed by atoms with van der Waals surface area (Å²) < 4.78 is 3.01. The highest BCUT2D eigenvalue weighted by atomic mass is 79.9. The summed E-state index contributed by atoms with van der Waals surface area (Å²) in [5.74, 6) is 0. The average Bonchev–Trinajstić information content (AvgIpc) is 2.39. The molecule has 0 saturated carbocycles. The first-order valence-corrected chi connectivity index (χ1v) is 4.65. The number of hydrogen-bond acceptors (Lipinski definition) is 1. The van der Waals surface area contributed by atoms with Crippen LogP contribution < -0.4 is 0 Å². The van der Waals surface area contributed by atoms with Crippen molar-refractivity contribution in [1.29, 1.82) is 0 Å². The Bertz CT molecular complexity index is 436. The molecule has 62 valence electrons. The molecule has 0 aliphatic heterocycles. The Labute approximate surface area is 83.3 Å². The highest BCUT2D eigenvalue weighted by molar-refractivity contribution is 9.10. The highest BCUT2D eigenvalue weighted by Gasteiger charge is 2.02. The number of aromatic nitrogens is 2. The van der Waals surface area contributed by atoms with Gasteiger partial charge in [-0.1, -0.05) is 11.6 Å². The summed E-state index contributed by atoms with van der Waals surface area (Å²) in [7, 11) is 0. The summed E-state index contributed by atoms with van der Waals surface area (Å²) in [5.41, 5.74) is 1.98. The smallest absolute Gasteiger partial charge is 0.148 e. The van der Waals surface area contributed by atoms with Gasteiger partial charge in [-0.3, -0.25) is 0 Å². The lowest BCUT2D eigenvalue weighted by atomic mass is 10.4. The Hall–Kier alpha value is -0.540. The Morgan fingerprint density at radius 3 is 3.00 bits per heavy atom. The second-order valence-electron chi connectivity index (χ2n) is 2.56. The number of imidazole rings is 1. The number of hydrogen-bond donors (Lipinski definition) is 0. The van der Waals surface area contributed by atoms with Crippen LogP contribution in [0.3, 0.4) is 0 Å². The quantitative estimate of drug-likeness (QED) is 0.697. The summed E-state index contributed by atoms with van der Waals surface area (Å²) in [4.78, 5) is 4.12. The Morgan fingerprint density at radius 1 is 1.50 bits per heavy atom. The molecular weight excluding hydrogens is 239 g/mol. The van der Waals surface area contributed by atoms with Crippen LogP contribution >= 0.6 is 27.5 Å². The topological polar surface area (TPSA) is 17.3 Å². The molecule has 0 atom stereocenters. The van der Waals surface area contributed by atoms with E-state index in [-0.39, 0.29) is 0 Å². The maximum absolute atomic E-state index is 5.76. The zero-order chi connectivity index (χ0) is 8.72. The van der Waals surface area contributed by atoms with Crippen molar-refractivity contribution in [3.05, 3.63) is 33.6 Å². The van der Waals surface area contributed by atoms with Crippen molar-refractivity contribution in [3.8, 4) is 0 Å². The summed E-state index contributed by atoms with van der Waals surface area (Å²) in [5, 5.41) is 0.524. The zero-order valence-electron chi connectivity index (χ0n) is 6.38. The van der Waals surface area contributed by atoms with Crippen LogP contribution in [0.15, 0.2) is 22.8 Å². The third kappa shape index (κ3) is 1.13. The number of rotatable bonds is 0. The maximum atomic E-state index is 5.76. The lowest BCUT2D eigenvalue weighted by Gasteiger charge is -2.00. The van der Waals surface area contributed by atoms with Gasteiger partial charge in [-0.15, -0.1) is 0 Å². The first-order chi connectivity index (χ1) is 5.68. The molecule has 0 radical (unpaired) electrons. The molecule has 2 aromatic rings. The van der Waals surface area contributed by atoms with Crippen LogP contribution in [0.1, 0.15) is 5.69 Å². The molecule has 0 spiro atoms. The van der Waals surface area contributed by atoms with Gasteiger partial charge in [0.15, 0.2) is 0 Å². The van der Waals surface area contributed by atoms with Gasteiger partial charge in [0.2, 0.25) is 0 Å². The van der Waals surface area contributed by atoms with E-state index in [9.17, 15) is 0 Å². The lowest BCUT2D eigenvalue weighted by molar-refractivity contribution is 1.08. The van der Waals surface area contributed by atoms with Crippen molar-refractivity contribution in [2.24, 2.45) is 0 Å². The molecule has 2 aromatic heterocycles. The number of nitrogens with zero attached hydrogens (tertiary/aromatic N) is 2. The summed E-state index contributed by atoms with van der Waals surface area (Å²) in [6, 6.07) is 3.89. The SMILES string of the molecule is Cc1c(Br)ccc2nc(Cl)cn12.